The third-order valence-electron chi connectivity index (χ3n) is 20.2. The molecular formula is C52H84O20. The van der Waals surface area contributed by atoms with Crippen molar-refractivity contribution in [2.45, 2.75) is 218 Å². The Bertz CT molecular complexity index is 2010. The van der Waals surface area contributed by atoms with Crippen LogP contribution in [0.4, 0.5) is 0 Å². The number of rotatable bonds is 11. The van der Waals surface area contributed by atoms with Crippen LogP contribution in [0.25, 0.3) is 0 Å². The quantitative estimate of drug-likeness (QED) is 0.0546. The van der Waals surface area contributed by atoms with Crippen molar-refractivity contribution in [2.75, 3.05) is 26.4 Å². The number of allylic oxidation sites excluding steroid dienone is 2. The van der Waals surface area contributed by atoms with E-state index in [0.717, 1.165) is 5.57 Å². The molecule has 0 amide bonds. The summed E-state index contributed by atoms with van der Waals surface area (Å²) in [6.45, 7) is 16.1. The number of ether oxygens (including phenoxy) is 7. The summed E-state index contributed by atoms with van der Waals surface area (Å²) in [5.41, 5.74) is -2.60. The highest BCUT2D eigenvalue weighted by Crippen LogP contribution is 2.76. The summed E-state index contributed by atoms with van der Waals surface area (Å²) in [6.07, 6.45) is -18.9. The Labute approximate surface area is 421 Å². The van der Waals surface area contributed by atoms with Crippen LogP contribution in [-0.4, -0.2) is 204 Å². The lowest BCUT2D eigenvalue weighted by Gasteiger charge is -2.73. The van der Waals surface area contributed by atoms with Gasteiger partial charge in [-0.05, 0) is 98.2 Å². The van der Waals surface area contributed by atoms with Crippen LogP contribution in [-0.2, 0) is 38.0 Å². The van der Waals surface area contributed by atoms with Crippen LogP contribution in [0.15, 0.2) is 23.3 Å². The molecule has 0 aromatic carbocycles. The fraction of sp³-hybridized carbons (Fsp3) is 0.904. The lowest BCUT2D eigenvalue weighted by molar-refractivity contribution is -0.383. The number of hydrogen-bond acceptors (Lipinski definition) is 20. The Morgan fingerprint density at radius 3 is 1.94 bits per heavy atom. The van der Waals surface area contributed by atoms with Crippen LogP contribution in [0.5, 0.6) is 0 Å². The van der Waals surface area contributed by atoms with Crippen LogP contribution in [0.3, 0.4) is 0 Å². The van der Waals surface area contributed by atoms with E-state index >= 15 is 0 Å². The molecule has 412 valence electrons. The molecule has 3 unspecified atom stereocenters. The lowest BCUT2D eigenvalue weighted by Crippen LogP contribution is -2.74. The molecule has 25 atom stereocenters. The zero-order valence-corrected chi connectivity index (χ0v) is 43.2. The van der Waals surface area contributed by atoms with Crippen LogP contribution < -0.4 is 0 Å². The molecule has 0 spiro atoms. The van der Waals surface area contributed by atoms with Gasteiger partial charge in [0, 0.05) is 11.0 Å². The summed E-state index contributed by atoms with van der Waals surface area (Å²) >= 11 is 0. The molecule has 7 fully saturated rings. The minimum atomic E-state index is -1.89. The summed E-state index contributed by atoms with van der Waals surface area (Å²) in [5.74, 6) is -0.850. The van der Waals surface area contributed by atoms with Crippen molar-refractivity contribution in [2.24, 2.45) is 50.2 Å². The molecule has 8 aliphatic rings. The van der Waals surface area contributed by atoms with Gasteiger partial charge in [0.15, 0.2) is 18.9 Å². The maximum Gasteiger partial charge on any atom is 0.333 e. The van der Waals surface area contributed by atoms with E-state index in [4.69, 9.17) is 33.2 Å². The van der Waals surface area contributed by atoms with Crippen molar-refractivity contribution in [3.8, 4) is 0 Å². The second-order valence-corrected chi connectivity index (χ2v) is 24.7. The summed E-state index contributed by atoms with van der Waals surface area (Å²) in [4.78, 5) is 13.4. The van der Waals surface area contributed by atoms with E-state index in [1.165, 1.54) is 0 Å². The van der Waals surface area contributed by atoms with Crippen molar-refractivity contribution in [1.82, 2.24) is 0 Å². The molecule has 0 aromatic heterocycles. The second-order valence-electron chi connectivity index (χ2n) is 24.7. The van der Waals surface area contributed by atoms with Crippen LogP contribution in [0.1, 0.15) is 107 Å². The van der Waals surface area contributed by atoms with E-state index in [2.05, 4.69) is 54.5 Å². The molecule has 72 heavy (non-hydrogen) atoms. The van der Waals surface area contributed by atoms with Gasteiger partial charge in [0.2, 0.25) is 0 Å². The molecule has 0 radical (unpaired) electrons. The predicted molar refractivity (Wildman–Crippen MR) is 251 cm³/mol. The van der Waals surface area contributed by atoms with E-state index < -0.39 is 164 Å². The average Bonchev–Trinajstić information content (AvgIpc) is 3.33. The van der Waals surface area contributed by atoms with Crippen molar-refractivity contribution in [1.29, 1.82) is 0 Å². The van der Waals surface area contributed by atoms with Gasteiger partial charge >= 0.3 is 5.97 Å². The summed E-state index contributed by atoms with van der Waals surface area (Å²) in [6, 6.07) is 0. The summed E-state index contributed by atoms with van der Waals surface area (Å²) in [7, 11) is 0. The van der Waals surface area contributed by atoms with Crippen LogP contribution >= 0.6 is 0 Å². The molecule has 0 bridgehead atoms. The molecule has 3 aliphatic heterocycles. The molecule has 0 aromatic rings. The molecule has 12 N–H and O–H groups in total. The zero-order valence-electron chi connectivity index (χ0n) is 43.2. The molecule has 20 nitrogen and oxygen atoms in total. The molecule has 8 rings (SSSR count). The Morgan fingerprint density at radius 2 is 1.32 bits per heavy atom. The number of carbonyl (C=O) groups is 1. The molecule has 3 saturated heterocycles. The van der Waals surface area contributed by atoms with Gasteiger partial charge < -0.3 is 94.4 Å². The van der Waals surface area contributed by atoms with Crippen molar-refractivity contribution >= 4 is 5.97 Å². The van der Waals surface area contributed by atoms with Gasteiger partial charge in [-0.3, -0.25) is 0 Å². The summed E-state index contributed by atoms with van der Waals surface area (Å²) < 4.78 is 42.1. The largest absolute Gasteiger partial charge is 0.458 e. The first-order chi connectivity index (χ1) is 33.6. The van der Waals surface area contributed by atoms with Crippen molar-refractivity contribution < 1.29 is 99.2 Å². The van der Waals surface area contributed by atoms with Gasteiger partial charge in [0.25, 0.3) is 0 Å². The van der Waals surface area contributed by atoms with Crippen molar-refractivity contribution in [3.63, 3.8) is 0 Å². The van der Waals surface area contributed by atoms with E-state index in [1.54, 1.807) is 19.9 Å². The summed E-state index contributed by atoms with van der Waals surface area (Å²) in [5, 5.41) is 133. The number of carbonyl (C=O) groups excluding carboxylic acids is 1. The van der Waals surface area contributed by atoms with Crippen molar-refractivity contribution in [3.05, 3.63) is 23.3 Å². The SMILES string of the molecule is C/C=C(/C)C(=O)O[C@H]1CC(C)(C)CC2C3=CCC4[C@@]5(C)CC[C@H](O[C@@H]6O[C@H](CO)[C@@H](O)[C@H](O[C@@H]7OC[C@H](O)[C@H](O)[C@H]7O[C@@H]7O[C@H](CO)[C@H](O)[C@H](O)[C@H]7O)[C@H]6O)C(C)(C)C5CC[C@@]4(C)[C@]3(C)[C@@H](O)[C@@H](O)[C@]21CO. The molecular weight excluding hydrogens is 945 g/mol. The molecule has 3 heterocycles. The maximum absolute atomic E-state index is 13.4. The molecule has 4 saturated carbocycles. The third-order valence-corrected chi connectivity index (χ3v) is 20.2. The Kier molecular flexibility index (Phi) is 15.9. The van der Waals surface area contributed by atoms with Gasteiger partial charge in [0.1, 0.15) is 73.2 Å². The van der Waals surface area contributed by atoms with E-state index in [9.17, 15) is 66.1 Å². The standard InChI is InChI=1S/C52H84O20/c1-10-23(2)43(65)69-32-18-47(3,4)17-25-24-11-12-30-49(7)15-14-31(48(5,6)29(49)13-16-50(30,8)51(24,9)41(63)42(64)52(25,32)22-55)70-45-38(62)39(35(59)28(20-54)68-45)71-46-40(33(57)26(56)21-66-46)72-44-37(61)36(60)34(58)27(19-53)67-44/h10-11,25-42,44-46,53-64H,12-22H2,1-9H3/b23-10-/t25?,26-,27+,28+,29?,30?,31-,32-,33-,34-,35+,36-,37+,38+,39-,40+,41-,42+,44-,45-,46-,49-,50+,51-,52+/m0/s1. The first-order valence-electron chi connectivity index (χ1n) is 26.0. The minimum Gasteiger partial charge on any atom is -0.458 e. The van der Waals surface area contributed by atoms with E-state index in [-0.39, 0.29) is 28.6 Å². The fourth-order valence-corrected chi connectivity index (χ4v) is 15.7. The van der Waals surface area contributed by atoms with E-state index in [1.807, 2.05) is 0 Å². The van der Waals surface area contributed by atoms with Crippen LogP contribution in [0.2, 0.25) is 0 Å². The zero-order chi connectivity index (χ0) is 53.0. The number of esters is 1. The normalized spacial score (nSPS) is 52.2. The molecule has 20 heteroatoms. The predicted octanol–water partition coefficient (Wildman–Crippen LogP) is -0.317. The van der Waals surface area contributed by atoms with Gasteiger partial charge in [-0.25, -0.2) is 4.79 Å². The van der Waals surface area contributed by atoms with Gasteiger partial charge in [0.05, 0.1) is 50.2 Å². The first-order valence-corrected chi connectivity index (χ1v) is 26.0. The third kappa shape index (κ3) is 8.70. The number of fused-ring (bicyclic) bond motifs is 7. The highest BCUT2D eigenvalue weighted by Gasteiger charge is 2.75. The minimum absolute atomic E-state index is 0.0227. The number of hydrogen-bond donors (Lipinski definition) is 12. The number of aliphatic hydroxyl groups excluding tert-OH is 12. The Morgan fingerprint density at radius 1 is 0.694 bits per heavy atom. The Balaban J connectivity index is 1.03. The van der Waals surface area contributed by atoms with Gasteiger partial charge in [-0.1, -0.05) is 66.2 Å². The Hall–Kier alpha value is -1.77. The number of aliphatic hydroxyl groups is 12. The molecule has 5 aliphatic carbocycles. The highest BCUT2D eigenvalue weighted by molar-refractivity contribution is 5.87. The topological polar surface area (TPSA) is 324 Å². The van der Waals surface area contributed by atoms with E-state index in [0.29, 0.717) is 50.5 Å². The second kappa shape index (κ2) is 20.2. The smallest absolute Gasteiger partial charge is 0.333 e. The first kappa shape index (κ1) is 56.4. The van der Waals surface area contributed by atoms with Gasteiger partial charge in [-0.2, -0.15) is 0 Å². The van der Waals surface area contributed by atoms with Gasteiger partial charge in [-0.15, -0.1) is 0 Å². The maximum atomic E-state index is 13.4. The lowest BCUT2D eigenvalue weighted by atomic mass is 9.32. The highest BCUT2D eigenvalue weighted by atomic mass is 16.8. The monoisotopic (exact) mass is 1030 g/mol. The average molecular weight is 1030 g/mol. The fourth-order valence-electron chi connectivity index (χ4n) is 15.7. The van der Waals surface area contributed by atoms with Crippen LogP contribution in [0, 0.1) is 50.2 Å².